The number of nitrogens with one attached hydrogen (secondary N) is 1. The Morgan fingerprint density at radius 3 is 2.93 bits per heavy atom. The largest absolute Gasteiger partial charge is 0.383 e. The van der Waals surface area contributed by atoms with Gasteiger partial charge < -0.3 is 10.5 Å². The molecule has 0 heterocycles. The molecule has 0 aromatic rings. The van der Waals surface area contributed by atoms with E-state index in [0.717, 1.165) is 13.0 Å². The predicted molar refractivity (Wildman–Crippen MR) is 58.9 cm³/mol. The third kappa shape index (κ3) is 2.67. The van der Waals surface area contributed by atoms with E-state index in [1.54, 1.807) is 7.11 Å². The van der Waals surface area contributed by atoms with Crippen molar-refractivity contribution in [3.05, 3.63) is 24.3 Å². The average molecular weight is 196 g/mol. The van der Waals surface area contributed by atoms with Gasteiger partial charge >= 0.3 is 0 Å². The lowest BCUT2D eigenvalue weighted by molar-refractivity contribution is 0.182. The van der Waals surface area contributed by atoms with E-state index in [2.05, 4.69) is 24.4 Å². The van der Waals surface area contributed by atoms with Gasteiger partial charge in [-0.15, -0.1) is 0 Å². The normalized spacial score (nSPS) is 30.9. The number of rotatable bonds is 5. The average Bonchev–Trinajstić information content (AvgIpc) is 2.19. The van der Waals surface area contributed by atoms with Crippen LogP contribution in [0.4, 0.5) is 0 Å². The highest BCUT2D eigenvalue weighted by molar-refractivity contribution is 5.22. The molecule has 2 atom stereocenters. The van der Waals surface area contributed by atoms with Crippen molar-refractivity contribution in [1.82, 2.24) is 5.32 Å². The van der Waals surface area contributed by atoms with Crippen molar-refractivity contribution in [2.24, 2.45) is 11.7 Å². The molecule has 0 fully saturated rings. The summed E-state index contributed by atoms with van der Waals surface area (Å²) in [6.45, 7) is 3.61. The van der Waals surface area contributed by atoms with Gasteiger partial charge in [-0.05, 0) is 12.5 Å². The molecule has 2 unspecified atom stereocenters. The molecular formula is C11H20N2O. The second-order valence-corrected chi connectivity index (χ2v) is 3.61. The Labute approximate surface area is 86.0 Å². The Morgan fingerprint density at radius 1 is 1.50 bits per heavy atom. The zero-order valence-corrected chi connectivity index (χ0v) is 8.99. The number of hydrogen-bond acceptors (Lipinski definition) is 3. The van der Waals surface area contributed by atoms with Crippen molar-refractivity contribution in [2.75, 3.05) is 20.3 Å². The van der Waals surface area contributed by atoms with Gasteiger partial charge in [-0.3, -0.25) is 5.32 Å². The van der Waals surface area contributed by atoms with Gasteiger partial charge in [0.15, 0.2) is 0 Å². The fourth-order valence-corrected chi connectivity index (χ4v) is 1.73. The second-order valence-electron chi connectivity index (χ2n) is 3.61. The number of hydrogen-bond donors (Lipinski definition) is 2. The molecule has 1 rings (SSSR count). The Hall–Kier alpha value is -0.640. The number of allylic oxidation sites excluding steroid dienone is 2. The van der Waals surface area contributed by atoms with Crippen molar-refractivity contribution < 1.29 is 4.74 Å². The molecule has 0 amide bonds. The third-order valence-corrected chi connectivity index (χ3v) is 2.62. The number of nitrogens with two attached hydrogens (primary N) is 1. The maximum absolute atomic E-state index is 6.25. The summed E-state index contributed by atoms with van der Waals surface area (Å²) in [5.41, 5.74) is 5.85. The predicted octanol–water partition coefficient (Wildman–Crippen LogP) is 1.03. The van der Waals surface area contributed by atoms with Crippen molar-refractivity contribution in [3.63, 3.8) is 0 Å². The number of methoxy groups -OCH3 is 1. The molecule has 80 valence electrons. The van der Waals surface area contributed by atoms with Crippen LogP contribution in [0.25, 0.3) is 0 Å². The van der Waals surface area contributed by atoms with E-state index in [1.165, 1.54) is 0 Å². The maximum atomic E-state index is 6.25. The summed E-state index contributed by atoms with van der Waals surface area (Å²) in [6.07, 6.45) is 9.26. The van der Waals surface area contributed by atoms with Crippen LogP contribution >= 0.6 is 0 Å². The first-order valence-corrected chi connectivity index (χ1v) is 5.12. The zero-order valence-electron chi connectivity index (χ0n) is 8.99. The van der Waals surface area contributed by atoms with Crippen LogP contribution in [0.2, 0.25) is 0 Å². The van der Waals surface area contributed by atoms with Crippen molar-refractivity contribution in [3.8, 4) is 0 Å². The van der Waals surface area contributed by atoms with Gasteiger partial charge in [0.1, 0.15) is 0 Å². The minimum absolute atomic E-state index is 0.365. The fraction of sp³-hybridized carbons (Fsp3) is 0.636. The van der Waals surface area contributed by atoms with E-state index < -0.39 is 5.66 Å². The first-order chi connectivity index (χ1) is 6.73. The van der Waals surface area contributed by atoms with Gasteiger partial charge in [0.2, 0.25) is 0 Å². The molecule has 0 bridgehead atoms. The molecule has 14 heavy (non-hydrogen) atoms. The van der Waals surface area contributed by atoms with Gasteiger partial charge in [-0.1, -0.05) is 25.2 Å². The highest BCUT2D eigenvalue weighted by Crippen LogP contribution is 2.22. The monoisotopic (exact) mass is 196 g/mol. The maximum Gasteiger partial charge on any atom is 0.0921 e. The number of ether oxygens (including phenoxy) is 1. The summed E-state index contributed by atoms with van der Waals surface area (Å²) in [7, 11) is 1.69. The minimum Gasteiger partial charge on any atom is -0.383 e. The molecule has 3 N–H and O–H groups in total. The van der Waals surface area contributed by atoms with Crippen LogP contribution < -0.4 is 11.1 Å². The van der Waals surface area contributed by atoms with E-state index in [1.807, 2.05) is 12.2 Å². The highest BCUT2D eigenvalue weighted by Gasteiger charge is 2.29. The molecule has 0 aromatic heterocycles. The summed E-state index contributed by atoms with van der Waals surface area (Å²) in [5, 5.41) is 3.31. The molecule has 1 aliphatic carbocycles. The fourth-order valence-electron chi connectivity index (χ4n) is 1.73. The lowest BCUT2D eigenvalue weighted by Crippen LogP contribution is -2.58. The lowest BCUT2D eigenvalue weighted by Gasteiger charge is -2.35. The molecule has 1 aliphatic rings. The van der Waals surface area contributed by atoms with Crippen LogP contribution in [0.1, 0.15) is 13.3 Å². The minimum atomic E-state index is -0.401. The summed E-state index contributed by atoms with van der Waals surface area (Å²) >= 11 is 0. The van der Waals surface area contributed by atoms with Gasteiger partial charge in [0, 0.05) is 19.6 Å². The van der Waals surface area contributed by atoms with E-state index >= 15 is 0 Å². The smallest absolute Gasteiger partial charge is 0.0921 e. The first-order valence-electron chi connectivity index (χ1n) is 5.12. The SMILES string of the molecule is CCC1C=CC=CC1(N)NCCOC. The Balaban J connectivity index is 2.52. The zero-order chi connectivity index (χ0) is 10.4. The van der Waals surface area contributed by atoms with E-state index in [9.17, 15) is 0 Å². The van der Waals surface area contributed by atoms with Gasteiger partial charge in [0.25, 0.3) is 0 Å². The van der Waals surface area contributed by atoms with E-state index in [-0.39, 0.29) is 0 Å². The van der Waals surface area contributed by atoms with E-state index in [0.29, 0.717) is 12.5 Å². The first kappa shape index (κ1) is 11.4. The van der Waals surface area contributed by atoms with Gasteiger partial charge in [0.05, 0.1) is 12.3 Å². The van der Waals surface area contributed by atoms with Crippen molar-refractivity contribution in [2.45, 2.75) is 19.0 Å². The topological polar surface area (TPSA) is 47.3 Å². The van der Waals surface area contributed by atoms with Crippen LogP contribution in [-0.4, -0.2) is 25.9 Å². The standard InChI is InChI=1S/C11H20N2O/c1-3-10-6-4-5-7-11(10,12)13-8-9-14-2/h4-7,10,13H,3,8-9,12H2,1-2H3. The highest BCUT2D eigenvalue weighted by atomic mass is 16.5. The van der Waals surface area contributed by atoms with Crippen LogP contribution in [0.3, 0.4) is 0 Å². The molecule has 0 saturated heterocycles. The van der Waals surface area contributed by atoms with Crippen LogP contribution in [0.15, 0.2) is 24.3 Å². The molecular weight excluding hydrogens is 176 g/mol. The Morgan fingerprint density at radius 2 is 2.29 bits per heavy atom. The second kappa shape index (κ2) is 5.29. The van der Waals surface area contributed by atoms with Crippen molar-refractivity contribution in [1.29, 1.82) is 0 Å². The summed E-state index contributed by atoms with van der Waals surface area (Å²) in [4.78, 5) is 0. The summed E-state index contributed by atoms with van der Waals surface area (Å²) < 4.78 is 4.99. The lowest BCUT2D eigenvalue weighted by atomic mass is 9.87. The van der Waals surface area contributed by atoms with Crippen LogP contribution in [-0.2, 0) is 4.74 Å². The van der Waals surface area contributed by atoms with Crippen LogP contribution in [0.5, 0.6) is 0 Å². The van der Waals surface area contributed by atoms with E-state index in [4.69, 9.17) is 10.5 Å². The van der Waals surface area contributed by atoms with Gasteiger partial charge in [-0.25, -0.2) is 0 Å². The van der Waals surface area contributed by atoms with Crippen LogP contribution in [0, 0.1) is 5.92 Å². The quantitative estimate of drug-likeness (QED) is 0.510. The van der Waals surface area contributed by atoms with Crippen molar-refractivity contribution >= 4 is 0 Å². The molecule has 0 spiro atoms. The molecule has 3 heteroatoms. The molecule has 3 nitrogen and oxygen atoms in total. The Kier molecular flexibility index (Phi) is 4.32. The third-order valence-electron chi connectivity index (χ3n) is 2.62. The molecule has 0 radical (unpaired) electrons. The summed E-state index contributed by atoms with van der Waals surface area (Å²) in [5.74, 6) is 0.365. The van der Waals surface area contributed by atoms with Gasteiger partial charge in [-0.2, -0.15) is 0 Å². The Bertz CT molecular complexity index is 225. The molecule has 0 saturated carbocycles. The summed E-state index contributed by atoms with van der Waals surface area (Å²) in [6, 6.07) is 0. The molecule has 0 aliphatic heterocycles. The molecule has 0 aromatic carbocycles.